The lowest BCUT2D eigenvalue weighted by Gasteiger charge is -2.09. The van der Waals surface area contributed by atoms with E-state index in [1.807, 2.05) is 0 Å². The van der Waals surface area contributed by atoms with Crippen LogP contribution in [0.15, 0.2) is 71.7 Å². The summed E-state index contributed by atoms with van der Waals surface area (Å²) in [6.45, 7) is -0.300. The van der Waals surface area contributed by atoms with Crippen molar-refractivity contribution in [1.82, 2.24) is 14.2 Å². The molecule has 0 bridgehead atoms. The molecule has 0 aliphatic heterocycles. The Morgan fingerprint density at radius 2 is 1.70 bits per heavy atom. The van der Waals surface area contributed by atoms with Crippen LogP contribution in [-0.2, 0) is 11.3 Å². The minimum atomic E-state index is -0.542. The van der Waals surface area contributed by atoms with Gasteiger partial charge in [0.1, 0.15) is 18.0 Å². The van der Waals surface area contributed by atoms with E-state index in [-0.39, 0.29) is 12.1 Å². The van der Waals surface area contributed by atoms with Gasteiger partial charge >= 0.3 is 5.69 Å². The topological polar surface area (TPSA) is 116 Å². The predicted octanol–water partition coefficient (Wildman–Crippen LogP) is 2.40. The van der Waals surface area contributed by atoms with E-state index in [4.69, 9.17) is 9.47 Å². The lowest BCUT2D eigenvalue weighted by Crippen LogP contribution is -2.28. The summed E-state index contributed by atoms with van der Waals surface area (Å²) in [6, 6.07) is 16.9. The molecule has 0 fully saturated rings. The molecule has 10 heteroatoms. The molecule has 2 aromatic heterocycles. The zero-order valence-electron chi connectivity index (χ0n) is 17.9. The van der Waals surface area contributed by atoms with Crippen molar-refractivity contribution in [2.75, 3.05) is 24.9 Å². The van der Waals surface area contributed by atoms with E-state index in [0.717, 1.165) is 4.68 Å². The van der Waals surface area contributed by atoms with Gasteiger partial charge in [-0.3, -0.25) is 9.59 Å². The highest BCUT2D eigenvalue weighted by atomic mass is 16.5. The standard InChI is InChI=1S/C23H21N5O5/c1-32-17-10-8-16(9-11-17)24-22(30)15-7-12-20-26-28(23(31)27(20)13-15)14-21(29)25-18-5-3-4-6-19(18)33-2/h3-13H,14H2,1-2H3,(H,24,30)(H,25,29). The number of pyridine rings is 1. The van der Waals surface area contributed by atoms with E-state index in [1.54, 1.807) is 67.8 Å². The maximum absolute atomic E-state index is 12.8. The number of carbonyl (C=O) groups excluding carboxylic acids is 2. The van der Waals surface area contributed by atoms with Gasteiger partial charge in [0.15, 0.2) is 5.65 Å². The maximum Gasteiger partial charge on any atom is 0.350 e. The van der Waals surface area contributed by atoms with Crippen molar-refractivity contribution in [2.24, 2.45) is 0 Å². The van der Waals surface area contributed by atoms with Gasteiger partial charge in [-0.15, -0.1) is 5.10 Å². The Morgan fingerprint density at radius 1 is 0.939 bits per heavy atom. The Balaban J connectivity index is 1.51. The Hall–Kier alpha value is -4.60. The number of nitrogens with zero attached hydrogens (tertiary/aromatic N) is 3. The van der Waals surface area contributed by atoms with Crippen molar-refractivity contribution in [2.45, 2.75) is 6.54 Å². The summed E-state index contributed by atoms with van der Waals surface area (Å²) in [5.74, 6) is 0.335. The van der Waals surface area contributed by atoms with Crippen LogP contribution < -0.4 is 25.8 Å². The molecule has 0 saturated heterocycles. The van der Waals surface area contributed by atoms with Gasteiger partial charge < -0.3 is 20.1 Å². The number of carbonyl (C=O) groups is 2. The number of rotatable bonds is 7. The van der Waals surface area contributed by atoms with Crippen molar-refractivity contribution < 1.29 is 19.1 Å². The smallest absolute Gasteiger partial charge is 0.350 e. The Kier molecular flexibility index (Phi) is 6.07. The molecule has 0 aliphatic rings. The predicted molar refractivity (Wildman–Crippen MR) is 122 cm³/mol. The number of anilines is 2. The van der Waals surface area contributed by atoms with Crippen molar-refractivity contribution in [1.29, 1.82) is 0 Å². The van der Waals surface area contributed by atoms with Crippen LogP contribution in [0.1, 0.15) is 10.4 Å². The Morgan fingerprint density at radius 3 is 2.42 bits per heavy atom. The van der Waals surface area contributed by atoms with Crippen LogP contribution in [0.3, 0.4) is 0 Å². The van der Waals surface area contributed by atoms with Crippen LogP contribution in [0, 0.1) is 0 Å². The van der Waals surface area contributed by atoms with Gasteiger partial charge in [0.05, 0.1) is 25.5 Å². The summed E-state index contributed by atoms with van der Waals surface area (Å²) in [7, 11) is 3.06. The number of para-hydroxylation sites is 2. The number of benzene rings is 2. The minimum Gasteiger partial charge on any atom is -0.497 e. The summed E-state index contributed by atoms with van der Waals surface area (Å²) in [5.41, 5.74) is 1.10. The third-order valence-electron chi connectivity index (χ3n) is 4.86. The van der Waals surface area contributed by atoms with Crippen LogP contribution in [0.2, 0.25) is 0 Å². The average molecular weight is 447 g/mol. The molecule has 2 aromatic carbocycles. The molecular formula is C23H21N5O5. The molecule has 0 spiro atoms. The number of methoxy groups -OCH3 is 2. The van der Waals surface area contributed by atoms with Crippen molar-refractivity contribution in [3.8, 4) is 11.5 Å². The number of ether oxygens (including phenoxy) is 2. The first-order valence-corrected chi connectivity index (χ1v) is 9.96. The Labute approximate surface area is 188 Å². The van der Waals surface area contributed by atoms with Gasteiger partial charge in [-0.25, -0.2) is 13.9 Å². The fraction of sp³-hybridized carbons (Fsp3) is 0.130. The number of hydrogen-bond acceptors (Lipinski definition) is 6. The van der Waals surface area contributed by atoms with Gasteiger partial charge in [-0.2, -0.15) is 0 Å². The molecule has 2 amide bonds. The second kappa shape index (κ2) is 9.27. The summed E-state index contributed by atoms with van der Waals surface area (Å²) in [6.07, 6.45) is 1.39. The van der Waals surface area contributed by atoms with Gasteiger partial charge in [-0.1, -0.05) is 12.1 Å². The van der Waals surface area contributed by atoms with Crippen LogP contribution in [0.5, 0.6) is 11.5 Å². The van der Waals surface area contributed by atoms with E-state index in [1.165, 1.54) is 17.7 Å². The monoisotopic (exact) mass is 447 g/mol. The summed E-state index contributed by atoms with van der Waals surface area (Å²) < 4.78 is 12.6. The number of amides is 2. The first kappa shape index (κ1) is 21.6. The third kappa shape index (κ3) is 4.69. The van der Waals surface area contributed by atoms with Crippen LogP contribution in [-0.4, -0.2) is 40.2 Å². The molecule has 4 rings (SSSR count). The zero-order valence-corrected chi connectivity index (χ0v) is 17.9. The molecule has 0 atom stereocenters. The minimum absolute atomic E-state index is 0.262. The molecule has 0 saturated carbocycles. The number of fused-ring (bicyclic) bond motifs is 1. The average Bonchev–Trinajstić information content (AvgIpc) is 3.14. The normalized spacial score (nSPS) is 10.6. The Bertz CT molecular complexity index is 1370. The van der Waals surface area contributed by atoms with E-state index < -0.39 is 17.5 Å². The van der Waals surface area contributed by atoms with Gasteiger partial charge in [-0.05, 0) is 48.5 Å². The highest BCUT2D eigenvalue weighted by Gasteiger charge is 2.15. The molecule has 2 N–H and O–H groups in total. The van der Waals surface area contributed by atoms with Crippen LogP contribution >= 0.6 is 0 Å². The highest BCUT2D eigenvalue weighted by molar-refractivity contribution is 6.04. The van der Waals surface area contributed by atoms with E-state index in [2.05, 4.69) is 15.7 Å². The third-order valence-corrected chi connectivity index (χ3v) is 4.86. The fourth-order valence-electron chi connectivity index (χ4n) is 3.21. The van der Waals surface area contributed by atoms with Gasteiger partial charge in [0.25, 0.3) is 5.91 Å². The number of hydrogen-bond donors (Lipinski definition) is 2. The van der Waals surface area contributed by atoms with Crippen molar-refractivity contribution in [3.63, 3.8) is 0 Å². The zero-order chi connectivity index (χ0) is 23.4. The van der Waals surface area contributed by atoms with Gasteiger partial charge in [0, 0.05) is 11.9 Å². The summed E-state index contributed by atoms with van der Waals surface area (Å²) >= 11 is 0. The van der Waals surface area contributed by atoms with Crippen LogP contribution in [0.25, 0.3) is 5.65 Å². The quantitative estimate of drug-likeness (QED) is 0.450. The lowest BCUT2D eigenvalue weighted by molar-refractivity contribution is -0.117. The number of nitrogens with one attached hydrogen (secondary N) is 2. The molecule has 0 aliphatic carbocycles. The second-order valence-electron chi connectivity index (χ2n) is 7.02. The lowest BCUT2D eigenvalue weighted by atomic mass is 10.2. The largest absolute Gasteiger partial charge is 0.497 e. The van der Waals surface area contributed by atoms with E-state index in [0.29, 0.717) is 28.5 Å². The van der Waals surface area contributed by atoms with Crippen molar-refractivity contribution in [3.05, 3.63) is 82.9 Å². The molecular weight excluding hydrogens is 426 g/mol. The molecule has 0 unspecified atom stereocenters. The molecule has 2 heterocycles. The first-order valence-electron chi connectivity index (χ1n) is 9.96. The molecule has 10 nitrogen and oxygen atoms in total. The second-order valence-corrected chi connectivity index (χ2v) is 7.02. The molecule has 4 aromatic rings. The van der Waals surface area contributed by atoms with E-state index in [9.17, 15) is 14.4 Å². The van der Waals surface area contributed by atoms with Crippen molar-refractivity contribution >= 4 is 28.8 Å². The highest BCUT2D eigenvalue weighted by Crippen LogP contribution is 2.22. The molecule has 0 radical (unpaired) electrons. The van der Waals surface area contributed by atoms with Crippen LogP contribution in [0.4, 0.5) is 11.4 Å². The summed E-state index contributed by atoms with van der Waals surface area (Å²) in [5, 5.41) is 9.63. The maximum atomic E-state index is 12.8. The first-order chi connectivity index (χ1) is 16.0. The number of aromatic nitrogens is 3. The molecule has 33 heavy (non-hydrogen) atoms. The van der Waals surface area contributed by atoms with Gasteiger partial charge in [0.2, 0.25) is 5.91 Å². The fourth-order valence-corrected chi connectivity index (χ4v) is 3.21. The SMILES string of the molecule is COc1ccc(NC(=O)c2ccc3nn(CC(=O)Nc4ccccc4OC)c(=O)n3c2)cc1. The summed E-state index contributed by atoms with van der Waals surface area (Å²) in [4.78, 5) is 37.8. The molecule has 168 valence electrons. The van der Waals surface area contributed by atoms with E-state index >= 15 is 0 Å².